The second kappa shape index (κ2) is 6.74. The highest BCUT2D eigenvalue weighted by Gasteiger charge is 2.58. The summed E-state index contributed by atoms with van der Waals surface area (Å²) in [7, 11) is 0. The number of ether oxygens (including phenoxy) is 1. The summed E-state index contributed by atoms with van der Waals surface area (Å²) in [6.45, 7) is 1.24. The molecule has 1 rings (SSSR count). The van der Waals surface area contributed by atoms with Crippen molar-refractivity contribution in [3.63, 3.8) is 0 Å². The Morgan fingerprint density at radius 3 is 2.53 bits per heavy atom. The van der Waals surface area contributed by atoms with Crippen LogP contribution in [0, 0.1) is 0 Å². The fourth-order valence-electron chi connectivity index (χ4n) is 2.11. The first-order valence-electron chi connectivity index (χ1n) is 6.47. The summed E-state index contributed by atoms with van der Waals surface area (Å²) in [4.78, 5) is 11.9. The van der Waals surface area contributed by atoms with Gasteiger partial charge in [0.2, 0.25) is 0 Å². The summed E-state index contributed by atoms with van der Waals surface area (Å²) in [6.07, 6.45) is -4.13. The van der Waals surface area contributed by atoms with E-state index < -0.39 is 42.6 Å². The molecule has 1 aliphatic rings. The van der Waals surface area contributed by atoms with Crippen LogP contribution in [-0.4, -0.2) is 68.1 Å². The standard InChI is InChI=1S/C12H22O7/c1-2-3-4-5-8(15)12(18)11(17)9(16)10(19-12)7(14)6-13/h7,9-11,13-14,16-18H,2-6H2,1H3. The first kappa shape index (κ1) is 16.5. The molecule has 112 valence electrons. The zero-order chi connectivity index (χ0) is 14.6. The number of rotatable bonds is 7. The van der Waals surface area contributed by atoms with E-state index in [0.29, 0.717) is 6.42 Å². The van der Waals surface area contributed by atoms with Gasteiger partial charge >= 0.3 is 0 Å². The molecule has 1 fully saturated rings. The van der Waals surface area contributed by atoms with E-state index in [-0.39, 0.29) is 6.42 Å². The third-order valence-electron chi connectivity index (χ3n) is 3.35. The van der Waals surface area contributed by atoms with Crippen LogP contribution >= 0.6 is 0 Å². The molecule has 1 saturated heterocycles. The van der Waals surface area contributed by atoms with Crippen LogP contribution in [0.4, 0.5) is 0 Å². The number of unbranched alkanes of at least 4 members (excludes halogenated alkanes) is 2. The smallest absolute Gasteiger partial charge is 0.256 e. The van der Waals surface area contributed by atoms with Crippen molar-refractivity contribution in [2.24, 2.45) is 0 Å². The molecule has 0 spiro atoms. The predicted octanol–water partition coefficient (Wildman–Crippen LogP) is -1.70. The number of Topliss-reactive ketones (excluding diaryl/α,β-unsaturated/α-hetero) is 1. The van der Waals surface area contributed by atoms with E-state index in [4.69, 9.17) is 9.84 Å². The van der Waals surface area contributed by atoms with E-state index in [1.54, 1.807) is 0 Å². The molecule has 7 heteroatoms. The quantitative estimate of drug-likeness (QED) is 0.351. The molecule has 5 atom stereocenters. The number of carbonyl (C=O) groups is 1. The zero-order valence-corrected chi connectivity index (χ0v) is 10.9. The van der Waals surface area contributed by atoms with Gasteiger partial charge in [0.05, 0.1) is 6.61 Å². The van der Waals surface area contributed by atoms with Gasteiger partial charge in [-0.05, 0) is 6.42 Å². The third kappa shape index (κ3) is 3.31. The molecule has 1 heterocycles. The molecular weight excluding hydrogens is 256 g/mol. The lowest BCUT2D eigenvalue weighted by atomic mass is 9.97. The van der Waals surface area contributed by atoms with Gasteiger partial charge < -0.3 is 30.3 Å². The summed E-state index contributed by atoms with van der Waals surface area (Å²) in [6, 6.07) is 0. The summed E-state index contributed by atoms with van der Waals surface area (Å²) < 4.78 is 4.91. The first-order chi connectivity index (χ1) is 8.88. The van der Waals surface area contributed by atoms with Crippen LogP contribution in [0.1, 0.15) is 32.6 Å². The maximum Gasteiger partial charge on any atom is 0.256 e. The van der Waals surface area contributed by atoms with Gasteiger partial charge in [-0.15, -0.1) is 0 Å². The van der Waals surface area contributed by atoms with Gasteiger partial charge in [0.25, 0.3) is 5.79 Å². The Bertz CT molecular complexity index is 308. The third-order valence-corrected chi connectivity index (χ3v) is 3.35. The average molecular weight is 278 g/mol. The SMILES string of the molecule is CCCCCC(=O)C1(O)OC(C(O)CO)C(O)C1O. The van der Waals surface area contributed by atoms with E-state index in [1.165, 1.54) is 0 Å². The van der Waals surface area contributed by atoms with E-state index >= 15 is 0 Å². The van der Waals surface area contributed by atoms with Crippen LogP contribution in [0.25, 0.3) is 0 Å². The highest BCUT2D eigenvalue weighted by atomic mass is 16.7. The lowest BCUT2D eigenvalue weighted by Crippen LogP contribution is -2.49. The molecular formula is C12H22O7. The minimum Gasteiger partial charge on any atom is -0.394 e. The van der Waals surface area contributed by atoms with Crippen molar-refractivity contribution in [3.05, 3.63) is 0 Å². The molecule has 1 aliphatic heterocycles. The van der Waals surface area contributed by atoms with E-state index in [2.05, 4.69) is 0 Å². The highest BCUT2D eigenvalue weighted by Crippen LogP contribution is 2.33. The monoisotopic (exact) mass is 278 g/mol. The number of aliphatic hydroxyl groups excluding tert-OH is 4. The Labute approximate surface area is 111 Å². The Kier molecular flexibility index (Phi) is 5.84. The molecule has 0 bridgehead atoms. The first-order valence-corrected chi connectivity index (χ1v) is 6.47. The minimum absolute atomic E-state index is 0.00998. The van der Waals surface area contributed by atoms with Crippen molar-refractivity contribution in [1.82, 2.24) is 0 Å². The van der Waals surface area contributed by atoms with Crippen molar-refractivity contribution in [2.45, 2.75) is 62.8 Å². The van der Waals surface area contributed by atoms with E-state index in [1.807, 2.05) is 6.92 Å². The molecule has 0 aliphatic carbocycles. The van der Waals surface area contributed by atoms with Crippen molar-refractivity contribution >= 4 is 5.78 Å². The maximum absolute atomic E-state index is 11.9. The summed E-state index contributed by atoms with van der Waals surface area (Å²) in [5.41, 5.74) is 0. The normalized spacial score (nSPS) is 36.4. The van der Waals surface area contributed by atoms with Crippen molar-refractivity contribution in [2.75, 3.05) is 6.61 Å². The minimum atomic E-state index is -2.52. The summed E-state index contributed by atoms with van der Waals surface area (Å²) in [5, 5.41) is 47.6. The van der Waals surface area contributed by atoms with Crippen molar-refractivity contribution in [1.29, 1.82) is 0 Å². The van der Waals surface area contributed by atoms with Crippen LogP contribution in [0.5, 0.6) is 0 Å². The maximum atomic E-state index is 11.9. The molecule has 5 N–H and O–H groups in total. The van der Waals surface area contributed by atoms with Crippen molar-refractivity contribution < 1.29 is 35.1 Å². The zero-order valence-electron chi connectivity index (χ0n) is 10.9. The molecule has 0 radical (unpaired) electrons. The van der Waals surface area contributed by atoms with Gasteiger partial charge in [0, 0.05) is 6.42 Å². The lowest BCUT2D eigenvalue weighted by Gasteiger charge is -2.24. The number of hydrogen-bond donors (Lipinski definition) is 5. The average Bonchev–Trinajstić information content (AvgIpc) is 2.64. The van der Waals surface area contributed by atoms with Crippen LogP contribution in [0.3, 0.4) is 0 Å². The molecule has 0 aromatic rings. The topological polar surface area (TPSA) is 127 Å². The second-order valence-corrected chi connectivity index (χ2v) is 4.84. The lowest BCUT2D eigenvalue weighted by molar-refractivity contribution is -0.230. The number of ketones is 1. The second-order valence-electron chi connectivity index (χ2n) is 4.84. The molecule has 19 heavy (non-hydrogen) atoms. The van der Waals surface area contributed by atoms with Gasteiger partial charge in [-0.3, -0.25) is 4.79 Å². The van der Waals surface area contributed by atoms with Gasteiger partial charge in [-0.25, -0.2) is 0 Å². The molecule has 0 amide bonds. The van der Waals surface area contributed by atoms with E-state index in [0.717, 1.165) is 12.8 Å². The number of carbonyl (C=O) groups excluding carboxylic acids is 1. The van der Waals surface area contributed by atoms with Crippen LogP contribution < -0.4 is 0 Å². The fraction of sp³-hybridized carbons (Fsp3) is 0.917. The van der Waals surface area contributed by atoms with Crippen LogP contribution in [-0.2, 0) is 9.53 Å². The van der Waals surface area contributed by atoms with E-state index in [9.17, 15) is 25.2 Å². The predicted molar refractivity (Wildman–Crippen MR) is 64.1 cm³/mol. The molecule has 7 nitrogen and oxygen atoms in total. The summed E-state index contributed by atoms with van der Waals surface area (Å²) in [5.74, 6) is -3.26. The van der Waals surface area contributed by atoms with Gasteiger partial charge in [0.1, 0.15) is 24.4 Å². The Morgan fingerprint density at radius 2 is 2.00 bits per heavy atom. The van der Waals surface area contributed by atoms with Gasteiger partial charge in [-0.2, -0.15) is 0 Å². The van der Waals surface area contributed by atoms with Gasteiger partial charge in [-0.1, -0.05) is 19.8 Å². The number of hydrogen-bond acceptors (Lipinski definition) is 7. The van der Waals surface area contributed by atoms with Crippen LogP contribution in [0.15, 0.2) is 0 Å². The van der Waals surface area contributed by atoms with Crippen molar-refractivity contribution in [3.8, 4) is 0 Å². The molecule has 0 aromatic carbocycles. The van der Waals surface area contributed by atoms with Crippen LogP contribution in [0.2, 0.25) is 0 Å². The number of aliphatic hydroxyl groups is 5. The summed E-state index contributed by atoms with van der Waals surface area (Å²) >= 11 is 0. The largest absolute Gasteiger partial charge is 0.394 e. The molecule has 5 unspecified atom stereocenters. The molecule has 0 aromatic heterocycles. The fourth-order valence-corrected chi connectivity index (χ4v) is 2.11. The molecule has 0 saturated carbocycles. The Hall–Kier alpha value is -0.570. The Morgan fingerprint density at radius 1 is 1.37 bits per heavy atom. The van der Waals surface area contributed by atoms with Gasteiger partial charge in [0.15, 0.2) is 5.78 Å². The Balaban J connectivity index is 2.73. The highest BCUT2D eigenvalue weighted by molar-refractivity contribution is 5.86.